The molecule has 0 spiro atoms. The zero-order valence-corrected chi connectivity index (χ0v) is 18.6. The van der Waals surface area contributed by atoms with E-state index in [2.05, 4.69) is 70.0 Å². The van der Waals surface area contributed by atoms with Crippen molar-refractivity contribution in [3.8, 4) is 0 Å². The van der Waals surface area contributed by atoms with Gasteiger partial charge in [-0.25, -0.2) is 0 Å². The zero-order valence-electron chi connectivity index (χ0n) is 16.3. The predicted molar refractivity (Wildman–Crippen MR) is 125 cm³/mol. The number of hydrogen-bond donors (Lipinski definition) is 2. The minimum atomic E-state index is 0. The third kappa shape index (κ3) is 4.74. The highest BCUT2D eigenvalue weighted by Crippen LogP contribution is 2.32. The highest BCUT2D eigenvalue weighted by Gasteiger charge is 2.36. The number of guanidine groups is 1. The first-order chi connectivity index (χ1) is 12.7. The molecule has 5 heteroatoms. The number of aliphatic imine (C=N–C) groups is 1. The maximum Gasteiger partial charge on any atom is 0.191 e. The molecular formula is C22H31IN4. The molecule has 0 aliphatic carbocycles. The van der Waals surface area contributed by atoms with Gasteiger partial charge in [-0.1, -0.05) is 42.8 Å². The molecular weight excluding hydrogens is 447 g/mol. The average Bonchev–Trinajstić information content (AvgIpc) is 2.65. The molecule has 2 heterocycles. The van der Waals surface area contributed by atoms with E-state index >= 15 is 0 Å². The molecule has 2 aliphatic rings. The first-order valence-corrected chi connectivity index (χ1v) is 9.90. The molecule has 0 amide bonds. The summed E-state index contributed by atoms with van der Waals surface area (Å²) in [5.74, 6) is 0.922. The van der Waals surface area contributed by atoms with Crippen molar-refractivity contribution in [2.75, 3.05) is 14.1 Å². The molecule has 4 nitrogen and oxygen atoms in total. The van der Waals surface area contributed by atoms with Gasteiger partial charge < -0.3 is 15.5 Å². The van der Waals surface area contributed by atoms with Gasteiger partial charge in [0.15, 0.2) is 5.96 Å². The van der Waals surface area contributed by atoms with Crippen LogP contribution in [0.25, 0.3) is 10.8 Å². The molecule has 0 aromatic heterocycles. The summed E-state index contributed by atoms with van der Waals surface area (Å²) in [7, 11) is 4.17. The first kappa shape index (κ1) is 20.4. The lowest BCUT2D eigenvalue weighted by atomic mass is 9.82. The Morgan fingerprint density at radius 1 is 1.07 bits per heavy atom. The lowest BCUT2D eigenvalue weighted by Crippen LogP contribution is -2.56. The summed E-state index contributed by atoms with van der Waals surface area (Å²) >= 11 is 0. The Labute approximate surface area is 179 Å². The van der Waals surface area contributed by atoms with Crippen LogP contribution < -0.4 is 10.6 Å². The summed E-state index contributed by atoms with van der Waals surface area (Å²) in [5.41, 5.74) is 1.28. The van der Waals surface area contributed by atoms with Crippen molar-refractivity contribution in [2.45, 2.75) is 56.8 Å². The number of piperidine rings is 2. The van der Waals surface area contributed by atoms with Crippen LogP contribution in [0.1, 0.15) is 37.7 Å². The lowest BCUT2D eigenvalue weighted by molar-refractivity contribution is 0.0526. The Kier molecular flexibility index (Phi) is 6.98. The van der Waals surface area contributed by atoms with Crippen molar-refractivity contribution in [2.24, 2.45) is 4.99 Å². The second-order valence-corrected chi connectivity index (χ2v) is 7.82. The van der Waals surface area contributed by atoms with Crippen molar-refractivity contribution in [1.82, 2.24) is 15.5 Å². The van der Waals surface area contributed by atoms with Crippen LogP contribution in [0.2, 0.25) is 0 Å². The summed E-state index contributed by atoms with van der Waals surface area (Å²) in [5, 5.41) is 9.75. The summed E-state index contributed by atoms with van der Waals surface area (Å²) in [6.45, 7) is 0.796. The van der Waals surface area contributed by atoms with Gasteiger partial charge in [-0.15, -0.1) is 24.0 Å². The van der Waals surface area contributed by atoms with Crippen molar-refractivity contribution < 1.29 is 0 Å². The maximum atomic E-state index is 4.45. The van der Waals surface area contributed by atoms with Gasteiger partial charge in [0.25, 0.3) is 0 Å². The molecule has 2 N–H and O–H groups in total. The molecule has 27 heavy (non-hydrogen) atoms. The molecule has 2 aliphatic heterocycles. The molecule has 2 atom stereocenters. The smallest absolute Gasteiger partial charge is 0.191 e. The molecule has 2 fully saturated rings. The number of benzene rings is 2. The van der Waals surface area contributed by atoms with E-state index in [4.69, 9.17) is 0 Å². The van der Waals surface area contributed by atoms with Crippen molar-refractivity contribution in [3.63, 3.8) is 0 Å². The Bertz CT molecular complexity index is 777. The largest absolute Gasteiger partial charge is 0.354 e. The lowest BCUT2D eigenvalue weighted by Gasteiger charge is -2.47. The van der Waals surface area contributed by atoms with Gasteiger partial charge in [-0.05, 0) is 55.1 Å². The van der Waals surface area contributed by atoms with Crippen molar-refractivity contribution in [3.05, 3.63) is 48.0 Å². The highest BCUT2D eigenvalue weighted by molar-refractivity contribution is 14.0. The fourth-order valence-corrected chi connectivity index (χ4v) is 4.66. The fraction of sp³-hybridized carbons (Fsp3) is 0.500. The maximum absolute atomic E-state index is 4.45. The van der Waals surface area contributed by atoms with E-state index in [1.54, 1.807) is 0 Å². The van der Waals surface area contributed by atoms with Crippen LogP contribution in [0.5, 0.6) is 0 Å². The summed E-state index contributed by atoms with van der Waals surface area (Å²) in [6.07, 6.45) is 6.53. The molecule has 0 saturated carbocycles. The molecule has 0 radical (unpaired) electrons. The SMILES string of the molecule is CN=C(NCc1ccc2ccccc2c1)NC1CC2CCCC(C1)N2C.I. The third-order valence-corrected chi connectivity index (χ3v) is 6.18. The van der Waals surface area contributed by atoms with Crippen LogP contribution in [-0.4, -0.2) is 43.1 Å². The fourth-order valence-electron chi connectivity index (χ4n) is 4.66. The molecule has 146 valence electrons. The molecule has 2 bridgehead atoms. The van der Waals surface area contributed by atoms with Gasteiger partial charge in [0.2, 0.25) is 0 Å². The monoisotopic (exact) mass is 478 g/mol. The van der Waals surface area contributed by atoms with Crippen LogP contribution in [0.3, 0.4) is 0 Å². The second kappa shape index (κ2) is 9.24. The number of hydrogen-bond acceptors (Lipinski definition) is 2. The van der Waals surface area contributed by atoms with E-state index in [0.29, 0.717) is 6.04 Å². The highest BCUT2D eigenvalue weighted by atomic mass is 127. The number of nitrogens with zero attached hydrogens (tertiary/aromatic N) is 2. The van der Waals surface area contributed by atoms with Crippen LogP contribution in [0.15, 0.2) is 47.5 Å². The molecule has 2 aromatic carbocycles. The van der Waals surface area contributed by atoms with E-state index < -0.39 is 0 Å². The van der Waals surface area contributed by atoms with Crippen LogP contribution in [0, 0.1) is 0 Å². The number of rotatable bonds is 3. The van der Waals surface area contributed by atoms with Crippen LogP contribution in [0.4, 0.5) is 0 Å². The van der Waals surface area contributed by atoms with Gasteiger partial charge in [-0.2, -0.15) is 0 Å². The number of nitrogens with one attached hydrogen (secondary N) is 2. The van der Waals surface area contributed by atoms with Gasteiger partial charge in [-0.3, -0.25) is 4.99 Å². The standard InChI is InChI=1S/C22H30N4.HI/c1-23-22(25-19-13-20-8-5-9-21(14-19)26(20)2)24-15-16-10-11-17-6-3-4-7-18(17)12-16;/h3-4,6-7,10-12,19-21H,5,8-9,13-15H2,1-2H3,(H2,23,24,25);1H. The Balaban J connectivity index is 0.00000210. The zero-order chi connectivity index (χ0) is 17.9. The average molecular weight is 478 g/mol. The molecule has 2 unspecified atom stereocenters. The Morgan fingerprint density at radius 2 is 1.78 bits per heavy atom. The molecule has 4 rings (SSSR count). The minimum Gasteiger partial charge on any atom is -0.354 e. The molecule has 2 saturated heterocycles. The van der Waals surface area contributed by atoms with Crippen LogP contribution in [-0.2, 0) is 6.54 Å². The number of fused-ring (bicyclic) bond motifs is 3. The van der Waals surface area contributed by atoms with E-state index in [-0.39, 0.29) is 24.0 Å². The predicted octanol–water partition coefficient (Wildman–Crippen LogP) is 4.14. The summed E-state index contributed by atoms with van der Waals surface area (Å²) in [4.78, 5) is 7.06. The Morgan fingerprint density at radius 3 is 2.48 bits per heavy atom. The van der Waals surface area contributed by atoms with Gasteiger partial charge in [0.05, 0.1) is 0 Å². The normalized spacial score (nSPS) is 25.7. The van der Waals surface area contributed by atoms with Crippen LogP contribution >= 0.6 is 24.0 Å². The van der Waals surface area contributed by atoms with Crippen molar-refractivity contribution >= 4 is 40.7 Å². The molecule has 2 aromatic rings. The van der Waals surface area contributed by atoms with E-state index in [1.165, 1.54) is 48.4 Å². The summed E-state index contributed by atoms with van der Waals surface area (Å²) in [6, 6.07) is 17.2. The van der Waals surface area contributed by atoms with Gasteiger partial charge in [0.1, 0.15) is 0 Å². The second-order valence-electron chi connectivity index (χ2n) is 7.82. The van der Waals surface area contributed by atoms with Crippen molar-refractivity contribution in [1.29, 1.82) is 0 Å². The van der Waals surface area contributed by atoms with Gasteiger partial charge in [0, 0.05) is 31.7 Å². The Hall–Kier alpha value is -1.34. The third-order valence-electron chi connectivity index (χ3n) is 6.18. The van der Waals surface area contributed by atoms with E-state index in [9.17, 15) is 0 Å². The number of halogens is 1. The summed E-state index contributed by atoms with van der Waals surface area (Å²) < 4.78 is 0. The van der Waals surface area contributed by atoms with E-state index in [0.717, 1.165) is 24.6 Å². The van der Waals surface area contributed by atoms with Gasteiger partial charge >= 0.3 is 0 Å². The topological polar surface area (TPSA) is 39.7 Å². The minimum absolute atomic E-state index is 0. The van der Waals surface area contributed by atoms with E-state index in [1.807, 2.05) is 7.05 Å². The first-order valence-electron chi connectivity index (χ1n) is 9.90. The quantitative estimate of drug-likeness (QED) is 0.396.